The van der Waals surface area contributed by atoms with E-state index in [0.29, 0.717) is 34.1 Å². The number of aromatic nitrogens is 1. The summed E-state index contributed by atoms with van der Waals surface area (Å²) in [6.45, 7) is -0.999. The highest BCUT2D eigenvalue weighted by atomic mass is 32.2. The highest BCUT2D eigenvalue weighted by Crippen LogP contribution is 2.39. The number of benzene rings is 3. The molecule has 2 heterocycles. The van der Waals surface area contributed by atoms with Crippen molar-refractivity contribution in [3.63, 3.8) is 0 Å². The van der Waals surface area contributed by atoms with Gasteiger partial charge < -0.3 is 33.9 Å². The van der Waals surface area contributed by atoms with Gasteiger partial charge in [-0.2, -0.15) is 8.70 Å². The minimum Gasteiger partial charge on any atom is -0.497 e. The molecular formula is C36H37F5N4O9S. The van der Waals surface area contributed by atoms with Gasteiger partial charge in [-0.3, -0.25) is 9.53 Å². The van der Waals surface area contributed by atoms with Crippen LogP contribution in [0.25, 0.3) is 0 Å². The number of nitrogens with zero attached hydrogens (tertiary/aromatic N) is 3. The molecule has 0 radical (unpaired) electrons. The van der Waals surface area contributed by atoms with Gasteiger partial charge >= 0.3 is 6.36 Å². The van der Waals surface area contributed by atoms with E-state index in [1.165, 1.54) is 34.5 Å². The van der Waals surface area contributed by atoms with Crippen molar-refractivity contribution in [1.82, 2.24) is 9.29 Å². The number of sulfonamides is 1. The fraction of sp³-hybridized carbons (Fsp3) is 0.333. The average Bonchev–Trinajstić information content (AvgIpc) is 3.57. The van der Waals surface area contributed by atoms with Crippen molar-refractivity contribution < 1.29 is 63.6 Å². The Morgan fingerprint density at radius 3 is 1.98 bits per heavy atom. The second-order valence-electron chi connectivity index (χ2n) is 12.0. The number of rotatable bonds is 15. The molecule has 1 amide bonds. The Balaban J connectivity index is 1.49. The second kappa shape index (κ2) is 17.0. The number of amides is 1. The topological polar surface area (TPSA) is 138 Å². The summed E-state index contributed by atoms with van der Waals surface area (Å²) in [7, 11) is 2.30. The third-order valence-corrected chi connectivity index (χ3v) is 10.4. The Labute approximate surface area is 313 Å². The second-order valence-corrected chi connectivity index (χ2v) is 13.9. The van der Waals surface area contributed by atoms with Crippen LogP contribution in [0, 0.1) is 11.6 Å². The Morgan fingerprint density at radius 1 is 0.855 bits per heavy atom. The number of carbonyl (C=O) groups is 1. The SMILES string of the molecule is COc1ccc(CN(Cc2ccc(OC)cc2OC)S(=O)(=O)c2cc(NC(=O)C3C[C@@H](OC(F)(F)F)CN3c3ccc(F)c(F)c3OC)ccn2)c(OC)c1. The van der Waals surface area contributed by atoms with Crippen molar-refractivity contribution in [3.05, 3.63) is 89.6 Å². The molecule has 0 bridgehead atoms. The average molecular weight is 797 g/mol. The molecule has 1 aromatic heterocycles. The standard InChI is InChI=1S/C36H37F5N4O9S/c1-49-24-8-6-21(30(16-24)51-3)18-44(19-22-7-9-25(50-2)17-31(22)52-4)55(47,48)32-14-23(12-13-42-32)43-35(46)29-15-26(54-36(39,40)41)20-45(29)28-11-10-27(37)33(38)34(28)53-5/h6-14,16-17,26,29H,15,18-20H2,1-5H3,(H,42,43,46)/t26-,29?/m1/s1. The number of ether oxygens (including phenoxy) is 6. The maximum Gasteiger partial charge on any atom is 0.522 e. The summed E-state index contributed by atoms with van der Waals surface area (Å²) >= 11 is 0. The molecule has 1 N–H and O–H groups in total. The van der Waals surface area contributed by atoms with Crippen molar-refractivity contribution in [3.8, 4) is 28.7 Å². The number of methoxy groups -OCH3 is 5. The van der Waals surface area contributed by atoms with Gasteiger partial charge in [-0.1, -0.05) is 12.1 Å². The molecule has 1 aliphatic rings. The van der Waals surface area contributed by atoms with E-state index in [1.807, 2.05) is 0 Å². The quantitative estimate of drug-likeness (QED) is 0.144. The molecule has 296 valence electrons. The van der Waals surface area contributed by atoms with Crippen LogP contribution < -0.4 is 33.9 Å². The van der Waals surface area contributed by atoms with Crippen molar-refractivity contribution in [2.45, 2.75) is 43.0 Å². The van der Waals surface area contributed by atoms with Gasteiger partial charge in [-0.15, -0.1) is 13.2 Å². The minimum absolute atomic E-state index is 0.0834. The molecule has 0 aliphatic carbocycles. The lowest BCUT2D eigenvalue weighted by molar-refractivity contribution is -0.339. The summed E-state index contributed by atoms with van der Waals surface area (Å²) in [6, 6.07) is 12.5. The summed E-state index contributed by atoms with van der Waals surface area (Å²) in [5.41, 5.74) is 0.646. The van der Waals surface area contributed by atoms with E-state index < -0.39 is 69.8 Å². The molecule has 0 spiro atoms. The summed E-state index contributed by atoms with van der Waals surface area (Å²) < 4.78 is 129. The van der Waals surface area contributed by atoms with E-state index in [4.69, 9.17) is 23.7 Å². The molecule has 1 unspecified atom stereocenters. The van der Waals surface area contributed by atoms with E-state index in [1.54, 1.807) is 36.4 Å². The molecule has 2 atom stereocenters. The molecule has 5 rings (SSSR count). The van der Waals surface area contributed by atoms with E-state index in [-0.39, 0.29) is 24.5 Å². The highest BCUT2D eigenvalue weighted by Gasteiger charge is 2.44. The van der Waals surface area contributed by atoms with Gasteiger partial charge in [0.05, 0.1) is 47.3 Å². The van der Waals surface area contributed by atoms with Crippen LogP contribution in [0.1, 0.15) is 17.5 Å². The predicted molar refractivity (Wildman–Crippen MR) is 188 cm³/mol. The molecule has 1 fully saturated rings. The van der Waals surface area contributed by atoms with Crippen LogP contribution in [0.15, 0.2) is 71.9 Å². The van der Waals surface area contributed by atoms with Crippen LogP contribution in [0.3, 0.4) is 0 Å². The first-order valence-electron chi connectivity index (χ1n) is 16.3. The largest absolute Gasteiger partial charge is 0.522 e. The molecular weight excluding hydrogens is 759 g/mol. The van der Waals surface area contributed by atoms with E-state index in [2.05, 4.69) is 15.0 Å². The van der Waals surface area contributed by atoms with Gasteiger partial charge in [-0.25, -0.2) is 17.8 Å². The fourth-order valence-electron chi connectivity index (χ4n) is 6.09. The monoisotopic (exact) mass is 796 g/mol. The molecule has 3 aromatic carbocycles. The Morgan fingerprint density at radius 2 is 1.45 bits per heavy atom. The normalized spacial score (nSPS) is 15.9. The maximum absolute atomic E-state index is 14.7. The summed E-state index contributed by atoms with van der Waals surface area (Å²) in [5.74, 6) is -2.62. The number of pyridine rings is 1. The third kappa shape index (κ3) is 9.29. The lowest BCUT2D eigenvalue weighted by Gasteiger charge is -2.27. The summed E-state index contributed by atoms with van der Waals surface area (Å²) in [4.78, 5) is 18.9. The highest BCUT2D eigenvalue weighted by molar-refractivity contribution is 7.89. The van der Waals surface area contributed by atoms with Gasteiger partial charge in [0.2, 0.25) is 11.7 Å². The zero-order chi connectivity index (χ0) is 40.1. The summed E-state index contributed by atoms with van der Waals surface area (Å²) in [6.07, 6.45) is -6.04. The number of hydrogen-bond donors (Lipinski definition) is 1. The van der Waals surface area contributed by atoms with Crippen LogP contribution in [0.2, 0.25) is 0 Å². The molecule has 13 nitrogen and oxygen atoms in total. The van der Waals surface area contributed by atoms with Crippen LogP contribution in [-0.2, 0) is 32.6 Å². The molecule has 1 saturated heterocycles. The van der Waals surface area contributed by atoms with Gasteiger partial charge in [0.1, 0.15) is 29.0 Å². The zero-order valence-electron chi connectivity index (χ0n) is 30.1. The lowest BCUT2D eigenvalue weighted by atomic mass is 10.1. The van der Waals surface area contributed by atoms with E-state index >= 15 is 0 Å². The van der Waals surface area contributed by atoms with E-state index in [9.17, 15) is 35.2 Å². The fourth-order valence-corrected chi connectivity index (χ4v) is 7.44. The number of hydrogen-bond acceptors (Lipinski definition) is 11. The Bertz CT molecular complexity index is 2070. The van der Waals surface area contributed by atoms with Gasteiger partial charge in [0, 0.05) is 67.3 Å². The van der Waals surface area contributed by atoms with Gasteiger partial charge in [-0.05, 0) is 30.3 Å². The molecule has 0 saturated carbocycles. The van der Waals surface area contributed by atoms with Gasteiger partial charge in [0.15, 0.2) is 16.6 Å². The lowest BCUT2D eigenvalue weighted by Crippen LogP contribution is -2.40. The first kappa shape index (κ1) is 40.8. The molecule has 1 aliphatic heterocycles. The molecule has 4 aromatic rings. The van der Waals surface area contributed by atoms with Crippen molar-refractivity contribution >= 4 is 27.3 Å². The van der Waals surface area contributed by atoms with Gasteiger partial charge in [0.25, 0.3) is 10.0 Å². The maximum atomic E-state index is 14.7. The van der Waals surface area contributed by atoms with Crippen LogP contribution in [-0.4, -0.2) is 84.2 Å². The number of anilines is 2. The number of nitrogens with one attached hydrogen (secondary N) is 1. The smallest absolute Gasteiger partial charge is 0.497 e. The Hall–Kier alpha value is -5.40. The van der Waals surface area contributed by atoms with Crippen LogP contribution >= 0.6 is 0 Å². The van der Waals surface area contributed by atoms with Crippen molar-refractivity contribution in [2.24, 2.45) is 0 Å². The van der Waals surface area contributed by atoms with Crippen LogP contribution in [0.4, 0.5) is 33.3 Å². The van der Waals surface area contributed by atoms with E-state index in [0.717, 1.165) is 40.7 Å². The van der Waals surface area contributed by atoms with Crippen LogP contribution in [0.5, 0.6) is 28.7 Å². The number of carbonyl (C=O) groups excluding carboxylic acids is 1. The number of halogens is 5. The zero-order valence-corrected chi connectivity index (χ0v) is 31.0. The Kier molecular flexibility index (Phi) is 12.6. The first-order chi connectivity index (χ1) is 26.1. The van der Waals surface area contributed by atoms with Crippen molar-refractivity contribution in [2.75, 3.05) is 52.3 Å². The predicted octanol–water partition coefficient (Wildman–Crippen LogP) is 5.92. The minimum atomic E-state index is -5.06. The molecule has 19 heteroatoms. The number of alkyl halides is 3. The summed E-state index contributed by atoms with van der Waals surface area (Å²) in [5, 5.41) is 2.03. The first-order valence-corrected chi connectivity index (χ1v) is 17.8. The third-order valence-electron chi connectivity index (χ3n) is 8.70. The van der Waals surface area contributed by atoms with Crippen molar-refractivity contribution in [1.29, 1.82) is 0 Å². The molecule has 55 heavy (non-hydrogen) atoms.